The fraction of sp³-hybridized carbons (Fsp3) is 0.860. The van der Waals surface area contributed by atoms with Crippen LogP contribution in [0.5, 0.6) is 0 Å². The zero-order valence-electron chi connectivity index (χ0n) is 38.0. The number of carbonyl (C=O) groups is 2. The van der Waals surface area contributed by atoms with Gasteiger partial charge >= 0.3 is 11.9 Å². The maximum atomic E-state index is 12.3. The number of unbranched alkanes of at least 4 members (excludes halogenated alkanes) is 16. The average molecular weight is 800 g/mol. The molecule has 0 aromatic carbocycles. The SMILES string of the molecule is C=C=C=C=CC(CCCCC)CCOC(=O)CCCCCCCCCC1(CCCCCCCCCC(=O)OCCC(C)CCCCC)OCC(CCN(C)CC)O1. The van der Waals surface area contributed by atoms with E-state index in [-0.39, 0.29) is 18.0 Å². The summed E-state index contributed by atoms with van der Waals surface area (Å²) in [6, 6.07) is 0. The summed E-state index contributed by atoms with van der Waals surface area (Å²) < 4.78 is 24.3. The Morgan fingerprint density at radius 3 is 1.81 bits per heavy atom. The van der Waals surface area contributed by atoms with Gasteiger partial charge in [0.15, 0.2) is 5.79 Å². The van der Waals surface area contributed by atoms with Crippen LogP contribution in [0.2, 0.25) is 0 Å². The van der Waals surface area contributed by atoms with E-state index in [1.165, 1.54) is 89.9 Å². The summed E-state index contributed by atoms with van der Waals surface area (Å²) in [4.78, 5) is 26.8. The third kappa shape index (κ3) is 30.6. The van der Waals surface area contributed by atoms with Gasteiger partial charge in [-0.3, -0.25) is 9.59 Å². The van der Waals surface area contributed by atoms with Gasteiger partial charge in [-0.15, -0.1) is 0 Å². The van der Waals surface area contributed by atoms with Crippen LogP contribution in [0.3, 0.4) is 0 Å². The summed E-state index contributed by atoms with van der Waals surface area (Å²) in [5, 5.41) is 0. The van der Waals surface area contributed by atoms with Crippen LogP contribution < -0.4 is 0 Å². The lowest BCUT2D eigenvalue weighted by atomic mass is 9.98. The second kappa shape index (κ2) is 36.9. The predicted molar refractivity (Wildman–Crippen MR) is 237 cm³/mol. The number of carbonyl (C=O) groups excluding carboxylic acids is 2. The van der Waals surface area contributed by atoms with Crippen LogP contribution in [-0.2, 0) is 28.5 Å². The molecule has 0 aromatic heterocycles. The molecule has 0 aromatic rings. The first-order valence-corrected chi connectivity index (χ1v) is 23.9. The second-order valence-electron chi connectivity index (χ2n) is 17.1. The Hall–Kier alpha value is -2.10. The first kappa shape index (κ1) is 52.9. The van der Waals surface area contributed by atoms with Crippen molar-refractivity contribution in [1.82, 2.24) is 4.90 Å². The maximum absolute atomic E-state index is 12.3. The van der Waals surface area contributed by atoms with Crippen molar-refractivity contribution in [2.45, 2.75) is 226 Å². The highest BCUT2D eigenvalue weighted by Crippen LogP contribution is 2.35. The van der Waals surface area contributed by atoms with Gasteiger partial charge in [0.1, 0.15) is 0 Å². The summed E-state index contributed by atoms with van der Waals surface area (Å²) in [6.45, 7) is 16.3. The minimum absolute atomic E-state index is 0.0234. The lowest BCUT2D eigenvalue weighted by Crippen LogP contribution is -2.32. The quantitative estimate of drug-likeness (QED) is 0.0348. The number of allylic oxidation sites excluding steroid dienone is 1. The molecular formula is C50H89NO6. The topological polar surface area (TPSA) is 74.3 Å². The van der Waals surface area contributed by atoms with Crippen LogP contribution in [0.4, 0.5) is 0 Å². The highest BCUT2D eigenvalue weighted by atomic mass is 16.7. The molecule has 7 nitrogen and oxygen atoms in total. The third-order valence-corrected chi connectivity index (χ3v) is 11.7. The molecule has 7 heteroatoms. The third-order valence-electron chi connectivity index (χ3n) is 11.7. The molecular weight excluding hydrogens is 711 g/mol. The Morgan fingerprint density at radius 1 is 0.737 bits per heavy atom. The molecule has 1 saturated heterocycles. The molecule has 0 amide bonds. The number of rotatable bonds is 39. The fourth-order valence-corrected chi connectivity index (χ4v) is 7.67. The molecule has 330 valence electrons. The molecule has 1 fully saturated rings. The van der Waals surface area contributed by atoms with E-state index in [4.69, 9.17) is 18.9 Å². The molecule has 0 spiro atoms. The van der Waals surface area contributed by atoms with E-state index < -0.39 is 5.79 Å². The molecule has 1 aliphatic rings. The molecule has 1 aliphatic heterocycles. The Morgan fingerprint density at radius 2 is 1.26 bits per heavy atom. The Bertz CT molecular complexity index is 1110. The summed E-state index contributed by atoms with van der Waals surface area (Å²) in [5.74, 6) is 0.470. The van der Waals surface area contributed by atoms with E-state index in [0.717, 1.165) is 96.6 Å². The van der Waals surface area contributed by atoms with Gasteiger partial charge in [0, 0.05) is 32.2 Å². The minimum Gasteiger partial charge on any atom is -0.466 e. The number of nitrogens with zero attached hydrogens (tertiary/aromatic N) is 1. The fourth-order valence-electron chi connectivity index (χ4n) is 7.67. The molecule has 4 unspecified atom stereocenters. The van der Waals surface area contributed by atoms with Crippen molar-refractivity contribution in [3.05, 3.63) is 29.8 Å². The van der Waals surface area contributed by atoms with Crippen molar-refractivity contribution >= 4 is 11.9 Å². The number of ether oxygens (including phenoxy) is 4. The normalized spacial score (nSPS) is 17.5. The maximum Gasteiger partial charge on any atom is 0.305 e. The highest BCUT2D eigenvalue weighted by Gasteiger charge is 2.40. The van der Waals surface area contributed by atoms with Crippen LogP contribution in [-0.4, -0.2) is 68.7 Å². The van der Waals surface area contributed by atoms with Crippen molar-refractivity contribution in [2.75, 3.05) is 40.0 Å². The Balaban J connectivity index is 2.25. The number of hydrogen-bond donors (Lipinski definition) is 0. The van der Waals surface area contributed by atoms with Gasteiger partial charge in [0.2, 0.25) is 0 Å². The van der Waals surface area contributed by atoms with Gasteiger partial charge in [-0.1, -0.05) is 148 Å². The van der Waals surface area contributed by atoms with Crippen molar-refractivity contribution in [2.24, 2.45) is 11.8 Å². The van der Waals surface area contributed by atoms with Gasteiger partial charge in [-0.2, -0.15) is 0 Å². The lowest BCUT2D eigenvalue weighted by molar-refractivity contribution is -0.180. The van der Waals surface area contributed by atoms with Crippen LogP contribution in [0, 0.1) is 11.8 Å². The summed E-state index contributed by atoms with van der Waals surface area (Å²) in [5.41, 5.74) is 8.40. The van der Waals surface area contributed by atoms with Crippen LogP contribution >= 0.6 is 0 Å². The van der Waals surface area contributed by atoms with E-state index >= 15 is 0 Å². The molecule has 4 atom stereocenters. The Labute approximate surface area is 351 Å². The standard InChI is InChI=1S/C50H89NO6/c1-7-11-24-31-45(5)37-42-54-48(52)34-27-20-16-14-18-22-29-39-50(56-44-47(57-50)36-41-51(6)10-4)40-30-23-19-15-17-21-28-35-49(53)55-43-38-46(32-25-12-8-2)33-26-13-9-3/h32,45-47H,2,7,9-11,13-24,26-31,33-44H2,1,3-6H3. The van der Waals surface area contributed by atoms with Crippen LogP contribution in [0.1, 0.15) is 214 Å². The lowest BCUT2D eigenvalue weighted by Gasteiger charge is -2.29. The molecule has 0 bridgehead atoms. The molecule has 0 aliphatic carbocycles. The first-order valence-electron chi connectivity index (χ1n) is 23.9. The highest BCUT2D eigenvalue weighted by molar-refractivity contribution is 5.69. The van der Waals surface area contributed by atoms with E-state index in [0.29, 0.717) is 44.5 Å². The van der Waals surface area contributed by atoms with Crippen molar-refractivity contribution in [3.8, 4) is 0 Å². The summed E-state index contributed by atoms with van der Waals surface area (Å²) in [7, 11) is 2.17. The molecule has 1 rings (SSSR count). The molecule has 57 heavy (non-hydrogen) atoms. The smallest absolute Gasteiger partial charge is 0.305 e. The van der Waals surface area contributed by atoms with Crippen LogP contribution in [0.15, 0.2) is 29.8 Å². The van der Waals surface area contributed by atoms with E-state index in [1.54, 1.807) is 0 Å². The van der Waals surface area contributed by atoms with Gasteiger partial charge in [-0.05, 0) is 95.2 Å². The zero-order chi connectivity index (χ0) is 41.7. The Kier molecular flexibility index (Phi) is 34.3. The molecule has 0 N–H and O–H groups in total. The van der Waals surface area contributed by atoms with E-state index in [2.05, 4.69) is 63.4 Å². The monoisotopic (exact) mass is 800 g/mol. The second-order valence-corrected chi connectivity index (χ2v) is 17.1. The van der Waals surface area contributed by atoms with Gasteiger partial charge in [0.25, 0.3) is 0 Å². The van der Waals surface area contributed by atoms with E-state index in [9.17, 15) is 9.59 Å². The predicted octanol–water partition coefficient (Wildman–Crippen LogP) is 13.4. The van der Waals surface area contributed by atoms with Gasteiger partial charge in [0.05, 0.1) is 25.9 Å². The minimum atomic E-state index is -0.422. The van der Waals surface area contributed by atoms with Gasteiger partial charge in [-0.25, -0.2) is 0 Å². The van der Waals surface area contributed by atoms with Crippen LogP contribution in [0.25, 0.3) is 0 Å². The first-order chi connectivity index (χ1) is 27.8. The van der Waals surface area contributed by atoms with Crippen molar-refractivity contribution in [3.63, 3.8) is 0 Å². The summed E-state index contributed by atoms with van der Waals surface area (Å²) in [6.07, 6.45) is 33.7. The average Bonchev–Trinajstić information content (AvgIpc) is 3.61. The number of esters is 2. The van der Waals surface area contributed by atoms with Crippen molar-refractivity contribution < 1.29 is 28.5 Å². The molecule has 0 saturated carbocycles. The van der Waals surface area contributed by atoms with Crippen molar-refractivity contribution in [1.29, 1.82) is 0 Å². The molecule has 0 radical (unpaired) electrons. The van der Waals surface area contributed by atoms with E-state index in [1.807, 2.05) is 6.08 Å². The zero-order valence-corrected chi connectivity index (χ0v) is 38.0. The van der Waals surface area contributed by atoms with Gasteiger partial charge < -0.3 is 23.8 Å². The largest absolute Gasteiger partial charge is 0.466 e. The summed E-state index contributed by atoms with van der Waals surface area (Å²) >= 11 is 0. The number of hydrogen-bond acceptors (Lipinski definition) is 7. The molecule has 1 heterocycles.